The van der Waals surface area contributed by atoms with Crippen LogP contribution in [0.25, 0.3) is 0 Å². The van der Waals surface area contributed by atoms with Crippen LogP contribution in [0.3, 0.4) is 0 Å². The molecule has 1 aromatic carbocycles. The van der Waals surface area contributed by atoms with Gasteiger partial charge in [0.15, 0.2) is 0 Å². The summed E-state index contributed by atoms with van der Waals surface area (Å²) >= 11 is 0. The van der Waals surface area contributed by atoms with Gasteiger partial charge in [-0.15, -0.1) is 0 Å². The first-order chi connectivity index (χ1) is 8.25. The van der Waals surface area contributed by atoms with E-state index in [0.29, 0.717) is 5.56 Å². The molecule has 1 aromatic rings. The first-order valence-electron chi connectivity index (χ1n) is 4.94. The van der Waals surface area contributed by atoms with Gasteiger partial charge in [0.2, 0.25) is 0 Å². The Kier molecular flexibility index (Phi) is 6.40. The Morgan fingerprint density at radius 1 is 1.22 bits per heavy atom. The molecule has 1 rings (SSSR count). The van der Waals surface area contributed by atoms with Crippen molar-refractivity contribution in [1.29, 1.82) is 0 Å². The van der Waals surface area contributed by atoms with E-state index in [-0.39, 0.29) is 11.8 Å². The number of phenols is 1. The van der Waals surface area contributed by atoms with Gasteiger partial charge in [0.1, 0.15) is 5.75 Å². The van der Waals surface area contributed by atoms with Crippen molar-refractivity contribution in [2.75, 3.05) is 0 Å². The van der Waals surface area contributed by atoms with Crippen LogP contribution in [-0.4, -0.2) is 38.4 Å². The molecule has 0 aliphatic heterocycles. The second-order valence-electron chi connectivity index (χ2n) is 3.51. The van der Waals surface area contributed by atoms with Gasteiger partial charge in [-0.05, 0) is 24.6 Å². The summed E-state index contributed by atoms with van der Waals surface area (Å²) < 4.78 is 0. The summed E-state index contributed by atoms with van der Waals surface area (Å²) in [6, 6.07) is 6.14. The van der Waals surface area contributed by atoms with Crippen molar-refractivity contribution in [1.82, 2.24) is 0 Å². The molecule has 0 aliphatic carbocycles. The lowest BCUT2D eigenvalue weighted by Gasteiger charge is -2.14. The Bertz CT molecular complexity index is 406. The van der Waals surface area contributed by atoms with Gasteiger partial charge in [-0.3, -0.25) is 0 Å². The zero-order chi connectivity index (χ0) is 14.3. The summed E-state index contributed by atoms with van der Waals surface area (Å²) in [6.45, 7) is 1.72. The van der Waals surface area contributed by atoms with Crippen molar-refractivity contribution in [3.63, 3.8) is 0 Å². The average molecular weight is 257 g/mol. The largest absolute Gasteiger partial charge is 0.508 e. The van der Waals surface area contributed by atoms with E-state index in [0.717, 1.165) is 0 Å². The molecule has 0 bridgehead atoms. The number of hydrogen-bond donors (Lipinski definition) is 5. The molecule has 0 saturated heterocycles. The maximum absolute atomic E-state index is 9.49. The number of hydrogen-bond acceptors (Lipinski definition) is 5. The van der Waals surface area contributed by atoms with Crippen LogP contribution in [0.1, 0.15) is 18.6 Å². The minimum atomic E-state index is -1.82. The molecule has 7 heteroatoms. The van der Waals surface area contributed by atoms with E-state index in [4.69, 9.17) is 30.6 Å². The second kappa shape index (κ2) is 7.25. The molecule has 0 radical (unpaired) electrons. The molecule has 0 unspecified atom stereocenters. The highest BCUT2D eigenvalue weighted by Crippen LogP contribution is 2.19. The minimum absolute atomic E-state index is 0.146. The Hall–Kier alpha value is -2.12. The zero-order valence-corrected chi connectivity index (χ0v) is 9.65. The number of benzene rings is 1. The molecule has 100 valence electrons. The Labute approximate surface area is 103 Å². The normalized spacial score (nSPS) is 12.8. The molecule has 0 fully saturated rings. The third-order valence-electron chi connectivity index (χ3n) is 1.89. The van der Waals surface area contributed by atoms with Crippen molar-refractivity contribution in [3.8, 4) is 5.75 Å². The Morgan fingerprint density at radius 3 is 2.06 bits per heavy atom. The fourth-order valence-electron chi connectivity index (χ4n) is 1.01. The number of carbonyl (C=O) groups is 2. The van der Waals surface area contributed by atoms with Crippen molar-refractivity contribution < 1.29 is 30.0 Å². The zero-order valence-electron chi connectivity index (χ0n) is 9.65. The summed E-state index contributed by atoms with van der Waals surface area (Å²) in [7, 11) is 0. The van der Waals surface area contributed by atoms with E-state index in [2.05, 4.69) is 0 Å². The van der Waals surface area contributed by atoms with E-state index in [9.17, 15) is 5.11 Å². The van der Waals surface area contributed by atoms with E-state index in [1.54, 1.807) is 25.1 Å². The van der Waals surface area contributed by atoms with Gasteiger partial charge in [-0.25, -0.2) is 9.59 Å². The monoisotopic (exact) mass is 257 g/mol. The van der Waals surface area contributed by atoms with Gasteiger partial charge >= 0.3 is 11.9 Å². The highest BCUT2D eigenvalue weighted by atomic mass is 16.4. The lowest BCUT2D eigenvalue weighted by atomic mass is 10.0. The number of nitrogens with two attached hydrogens (primary N) is 1. The molecule has 2 atom stereocenters. The standard InChI is InChI=1S/C9H13NO2.C2H2O4/c1-6(10)9(12)7-3-2-4-8(11)5-7;3-1(4)2(5)6/h2-6,9,11-12H,10H2,1H3;(H,3,4)(H,5,6)/t6-,9-;/m0./s1. The van der Waals surface area contributed by atoms with Gasteiger partial charge < -0.3 is 26.2 Å². The highest BCUT2D eigenvalue weighted by molar-refractivity contribution is 6.27. The number of aliphatic carboxylic acids is 2. The number of carboxylic acids is 2. The van der Waals surface area contributed by atoms with Gasteiger partial charge in [-0.2, -0.15) is 0 Å². The molecule has 18 heavy (non-hydrogen) atoms. The molecule has 0 amide bonds. The van der Waals surface area contributed by atoms with Crippen LogP contribution in [0, 0.1) is 0 Å². The molecular weight excluding hydrogens is 242 g/mol. The minimum Gasteiger partial charge on any atom is -0.508 e. The average Bonchev–Trinajstić information content (AvgIpc) is 2.28. The summed E-state index contributed by atoms with van der Waals surface area (Å²) in [5, 5.41) is 33.4. The SMILES string of the molecule is C[C@H](N)[C@H](O)c1cccc(O)c1.O=C(O)C(=O)O. The quantitative estimate of drug-likeness (QED) is 0.467. The van der Waals surface area contributed by atoms with Crippen molar-refractivity contribution >= 4 is 11.9 Å². The van der Waals surface area contributed by atoms with Gasteiger partial charge in [-0.1, -0.05) is 12.1 Å². The summed E-state index contributed by atoms with van der Waals surface area (Å²) in [5.74, 6) is -3.50. The van der Waals surface area contributed by atoms with Crippen molar-refractivity contribution in [3.05, 3.63) is 29.8 Å². The molecule has 7 nitrogen and oxygen atoms in total. The topological polar surface area (TPSA) is 141 Å². The van der Waals surface area contributed by atoms with Crippen LogP contribution in [0.15, 0.2) is 24.3 Å². The number of aromatic hydroxyl groups is 1. The fraction of sp³-hybridized carbons (Fsp3) is 0.273. The van der Waals surface area contributed by atoms with Crippen LogP contribution < -0.4 is 5.73 Å². The first kappa shape index (κ1) is 15.9. The van der Waals surface area contributed by atoms with Crippen LogP contribution in [-0.2, 0) is 9.59 Å². The number of carboxylic acid groups (broad SMARTS) is 2. The van der Waals surface area contributed by atoms with E-state index >= 15 is 0 Å². The lowest BCUT2D eigenvalue weighted by Crippen LogP contribution is -2.24. The Morgan fingerprint density at radius 2 is 1.72 bits per heavy atom. The van der Waals surface area contributed by atoms with E-state index < -0.39 is 18.0 Å². The van der Waals surface area contributed by atoms with Crippen LogP contribution >= 0.6 is 0 Å². The number of rotatable bonds is 2. The van der Waals surface area contributed by atoms with E-state index in [1.165, 1.54) is 6.07 Å². The van der Waals surface area contributed by atoms with Gasteiger partial charge in [0, 0.05) is 6.04 Å². The maximum Gasteiger partial charge on any atom is 0.414 e. The lowest BCUT2D eigenvalue weighted by molar-refractivity contribution is -0.159. The second-order valence-corrected chi connectivity index (χ2v) is 3.51. The Balaban J connectivity index is 0.000000411. The van der Waals surface area contributed by atoms with Crippen molar-refractivity contribution in [2.24, 2.45) is 5.73 Å². The predicted molar refractivity (Wildman–Crippen MR) is 62.0 cm³/mol. The number of phenolic OH excluding ortho intramolecular Hbond substituents is 1. The molecule has 0 heterocycles. The number of aliphatic hydroxyl groups is 1. The summed E-state index contributed by atoms with van der Waals surface area (Å²) in [6.07, 6.45) is -0.711. The fourth-order valence-corrected chi connectivity index (χ4v) is 1.01. The van der Waals surface area contributed by atoms with Gasteiger partial charge in [0.25, 0.3) is 0 Å². The molecule has 0 aromatic heterocycles. The molecular formula is C11H15NO6. The van der Waals surface area contributed by atoms with Crippen LogP contribution in [0.5, 0.6) is 5.75 Å². The third-order valence-corrected chi connectivity index (χ3v) is 1.89. The molecule has 0 aliphatic rings. The summed E-state index contributed by atoms with van der Waals surface area (Å²) in [5.41, 5.74) is 6.13. The molecule has 0 saturated carbocycles. The predicted octanol–water partition coefficient (Wildman–Crippen LogP) is -0.0716. The molecule has 0 spiro atoms. The summed E-state index contributed by atoms with van der Waals surface area (Å²) in [4.78, 5) is 18.2. The highest BCUT2D eigenvalue weighted by Gasteiger charge is 2.11. The smallest absolute Gasteiger partial charge is 0.414 e. The first-order valence-corrected chi connectivity index (χ1v) is 4.94. The number of aliphatic hydroxyl groups excluding tert-OH is 1. The van der Waals surface area contributed by atoms with Gasteiger partial charge in [0.05, 0.1) is 6.10 Å². The van der Waals surface area contributed by atoms with Crippen LogP contribution in [0.2, 0.25) is 0 Å². The molecule has 6 N–H and O–H groups in total. The van der Waals surface area contributed by atoms with Crippen LogP contribution in [0.4, 0.5) is 0 Å². The van der Waals surface area contributed by atoms with Crippen molar-refractivity contribution in [2.45, 2.75) is 19.1 Å². The third kappa shape index (κ3) is 5.83. The maximum atomic E-state index is 9.49. The van der Waals surface area contributed by atoms with E-state index in [1.807, 2.05) is 0 Å².